The van der Waals surface area contributed by atoms with Gasteiger partial charge in [0.25, 0.3) is 0 Å². The molecule has 0 bridgehead atoms. The van der Waals surface area contributed by atoms with Crippen LogP contribution in [0, 0.1) is 5.41 Å². The van der Waals surface area contributed by atoms with Crippen LogP contribution in [0.1, 0.15) is 72.6 Å². The van der Waals surface area contributed by atoms with Crippen LogP contribution >= 0.6 is 0 Å². The summed E-state index contributed by atoms with van der Waals surface area (Å²) in [5.41, 5.74) is 1.21. The molecule has 1 nitrogen and oxygen atoms in total. The Hall–Kier alpha value is -0.560. The molecule has 0 aliphatic heterocycles. The topological polar surface area (TPSA) is 20.2 Å². The Kier molecular flexibility index (Phi) is 9.09. The molecule has 0 fully saturated rings. The average Bonchev–Trinajstić information content (AvgIpc) is 2.33. The lowest BCUT2D eigenvalue weighted by Gasteiger charge is -2.31. The van der Waals surface area contributed by atoms with E-state index < -0.39 is 0 Å². The molecular formula is C17H32O. The fraction of sp³-hybridized carbons (Fsp3) is 0.765. The molecule has 0 heterocycles. The zero-order valence-corrected chi connectivity index (χ0v) is 12.8. The maximum absolute atomic E-state index is 10.3. The smallest absolute Gasteiger partial charge is 0.0628 e. The van der Waals surface area contributed by atoms with E-state index in [-0.39, 0.29) is 11.5 Å². The van der Waals surface area contributed by atoms with Gasteiger partial charge >= 0.3 is 0 Å². The maximum atomic E-state index is 10.3. The first-order valence-corrected chi connectivity index (χ1v) is 7.41. The second-order valence-corrected chi connectivity index (χ2v) is 5.90. The minimum Gasteiger partial charge on any atom is -0.392 e. The molecule has 0 aromatic carbocycles. The van der Waals surface area contributed by atoms with Crippen LogP contribution in [0.25, 0.3) is 0 Å². The lowest BCUT2D eigenvalue weighted by atomic mass is 9.78. The van der Waals surface area contributed by atoms with Crippen molar-refractivity contribution >= 4 is 0 Å². The number of allylic oxidation sites excluding steroid dienone is 2. The monoisotopic (exact) mass is 252 g/mol. The van der Waals surface area contributed by atoms with Crippen LogP contribution in [0.5, 0.6) is 0 Å². The molecule has 0 amide bonds. The molecule has 0 spiro atoms. The van der Waals surface area contributed by atoms with Gasteiger partial charge in [-0.25, -0.2) is 0 Å². The highest BCUT2D eigenvalue weighted by molar-refractivity contribution is 5.00. The Labute approximate surface area is 114 Å². The van der Waals surface area contributed by atoms with Crippen molar-refractivity contribution in [2.45, 2.75) is 78.7 Å². The third-order valence-electron chi connectivity index (χ3n) is 3.79. The molecule has 0 aromatic heterocycles. The Morgan fingerprint density at radius 1 is 1.28 bits per heavy atom. The predicted octanol–water partition coefficient (Wildman–Crippen LogP) is 5.26. The fourth-order valence-corrected chi connectivity index (χ4v) is 2.17. The predicted molar refractivity (Wildman–Crippen MR) is 81.7 cm³/mol. The van der Waals surface area contributed by atoms with E-state index in [1.54, 1.807) is 0 Å². The molecule has 0 saturated heterocycles. The number of aliphatic hydroxyl groups excluding tert-OH is 1. The molecule has 106 valence electrons. The summed E-state index contributed by atoms with van der Waals surface area (Å²) < 4.78 is 0. The molecule has 0 unspecified atom stereocenters. The second-order valence-electron chi connectivity index (χ2n) is 5.90. The first kappa shape index (κ1) is 17.4. The Bertz CT molecular complexity index is 250. The van der Waals surface area contributed by atoms with Gasteiger partial charge in [-0.1, -0.05) is 57.3 Å². The van der Waals surface area contributed by atoms with Crippen LogP contribution in [-0.4, -0.2) is 11.2 Å². The average molecular weight is 252 g/mol. The maximum Gasteiger partial charge on any atom is 0.0628 e. The van der Waals surface area contributed by atoms with Gasteiger partial charge in [0.1, 0.15) is 0 Å². The first-order chi connectivity index (χ1) is 8.46. The summed E-state index contributed by atoms with van der Waals surface area (Å²) in [6, 6.07) is 0. The van der Waals surface area contributed by atoms with Gasteiger partial charge in [0.15, 0.2) is 0 Å². The van der Waals surface area contributed by atoms with Crippen molar-refractivity contribution in [3.8, 4) is 0 Å². The number of unbranched alkanes of at least 4 members (excludes halogenated alkanes) is 3. The molecule has 0 radical (unpaired) electrons. The summed E-state index contributed by atoms with van der Waals surface area (Å²) in [5, 5.41) is 10.3. The first-order valence-electron chi connectivity index (χ1n) is 7.41. The molecule has 0 aliphatic carbocycles. The van der Waals surface area contributed by atoms with Gasteiger partial charge in [-0.05, 0) is 33.1 Å². The van der Waals surface area contributed by atoms with E-state index in [0.717, 1.165) is 25.7 Å². The molecule has 2 atom stereocenters. The zero-order valence-electron chi connectivity index (χ0n) is 12.8. The highest BCUT2D eigenvalue weighted by Gasteiger charge is 2.28. The van der Waals surface area contributed by atoms with Crippen molar-refractivity contribution in [1.29, 1.82) is 0 Å². The van der Waals surface area contributed by atoms with Crippen LogP contribution in [0.15, 0.2) is 24.3 Å². The molecule has 1 N–H and O–H groups in total. The lowest BCUT2D eigenvalue weighted by Crippen LogP contribution is -2.30. The number of aliphatic hydroxyl groups is 1. The molecule has 1 heteroatoms. The van der Waals surface area contributed by atoms with E-state index in [4.69, 9.17) is 0 Å². The normalized spacial score (nSPS) is 15.8. The quantitative estimate of drug-likeness (QED) is 0.415. The van der Waals surface area contributed by atoms with Gasteiger partial charge in [-0.3, -0.25) is 0 Å². The van der Waals surface area contributed by atoms with Crippen molar-refractivity contribution < 1.29 is 5.11 Å². The third-order valence-corrected chi connectivity index (χ3v) is 3.79. The Morgan fingerprint density at radius 2 is 1.94 bits per heavy atom. The molecule has 0 saturated carbocycles. The number of rotatable bonds is 10. The highest BCUT2D eigenvalue weighted by Crippen LogP contribution is 2.32. The van der Waals surface area contributed by atoms with E-state index in [1.165, 1.54) is 24.8 Å². The third kappa shape index (κ3) is 7.00. The van der Waals surface area contributed by atoms with Crippen molar-refractivity contribution in [2.24, 2.45) is 5.41 Å². The van der Waals surface area contributed by atoms with Gasteiger partial charge in [0.05, 0.1) is 6.10 Å². The van der Waals surface area contributed by atoms with Gasteiger partial charge in [-0.15, -0.1) is 6.58 Å². The largest absolute Gasteiger partial charge is 0.392 e. The summed E-state index contributed by atoms with van der Waals surface area (Å²) in [7, 11) is 0. The summed E-state index contributed by atoms with van der Waals surface area (Å²) >= 11 is 0. The summed E-state index contributed by atoms with van der Waals surface area (Å²) in [4.78, 5) is 0. The molecule has 18 heavy (non-hydrogen) atoms. The van der Waals surface area contributed by atoms with Crippen LogP contribution in [0.4, 0.5) is 0 Å². The molecule has 0 aromatic rings. The summed E-state index contributed by atoms with van der Waals surface area (Å²) in [6.07, 6.45) is 11.7. The summed E-state index contributed by atoms with van der Waals surface area (Å²) in [6.45, 7) is 12.5. The molecule has 0 aliphatic rings. The van der Waals surface area contributed by atoms with Crippen molar-refractivity contribution in [2.75, 3.05) is 0 Å². The van der Waals surface area contributed by atoms with E-state index >= 15 is 0 Å². The highest BCUT2D eigenvalue weighted by atomic mass is 16.3. The van der Waals surface area contributed by atoms with Gasteiger partial charge in [-0.2, -0.15) is 0 Å². The van der Waals surface area contributed by atoms with Crippen LogP contribution < -0.4 is 0 Å². The van der Waals surface area contributed by atoms with Gasteiger partial charge in [0.2, 0.25) is 0 Å². The molecular weight excluding hydrogens is 220 g/mol. The van der Waals surface area contributed by atoms with Crippen molar-refractivity contribution in [3.63, 3.8) is 0 Å². The van der Waals surface area contributed by atoms with E-state index in [0.29, 0.717) is 0 Å². The van der Waals surface area contributed by atoms with E-state index in [1.807, 2.05) is 6.08 Å². The second kappa shape index (κ2) is 9.38. The van der Waals surface area contributed by atoms with Crippen molar-refractivity contribution in [1.82, 2.24) is 0 Å². The SMILES string of the molecule is C=C[C@](C)(CCC=C(C)C)[C@@H](O)CCCCCC. The Balaban J connectivity index is 4.16. The zero-order chi connectivity index (χ0) is 14.0. The van der Waals surface area contributed by atoms with Crippen LogP contribution in [0.3, 0.4) is 0 Å². The van der Waals surface area contributed by atoms with E-state index in [2.05, 4.69) is 40.3 Å². The van der Waals surface area contributed by atoms with Crippen LogP contribution in [-0.2, 0) is 0 Å². The van der Waals surface area contributed by atoms with Crippen molar-refractivity contribution in [3.05, 3.63) is 24.3 Å². The minimum atomic E-state index is -0.252. The minimum absolute atomic E-state index is 0.141. The number of hydrogen-bond donors (Lipinski definition) is 1. The molecule has 0 rings (SSSR count). The Morgan fingerprint density at radius 3 is 2.44 bits per heavy atom. The lowest BCUT2D eigenvalue weighted by molar-refractivity contribution is 0.0553. The van der Waals surface area contributed by atoms with Crippen LogP contribution in [0.2, 0.25) is 0 Å². The number of hydrogen-bond acceptors (Lipinski definition) is 1. The standard InChI is InChI=1S/C17H32O/c1-6-8-9-10-13-16(18)17(5,7-2)14-11-12-15(3)4/h7,12,16,18H,2,6,8-11,13-14H2,1,3-5H3/t16-,17+/m0/s1. The van der Waals surface area contributed by atoms with Gasteiger partial charge < -0.3 is 5.11 Å². The summed E-state index contributed by atoms with van der Waals surface area (Å²) in [5.74, 6) is 0. The fourth-order valence-electron chi connectivity index (χ4n) is 2.17. The van der Waals surface area contributed by atoms with Gasteiger partial charge in [0, 0.05) is 5.41 Å². The van der Waals surface area contributed by atoms with E-state index in [9.17, 15) is 5.11 Å².